The Balaban J connectivity index is 1.93. The van der Waals surface area contributed by atoms with Gasteiger partial charge in [0, 0.05) is 23.6 Å². The number of benzene rings is 1. The minimum atomic E-state index is -4.49. The molecule has 1 saturated heterocycles. The number of thioether (sulfide) groups is 1. The van der Waals surface area contributed by atoms with Gasteiger partial charge < -0.3 is 15.3 Å². The molecule has 0 bridgehead atoms. The van der Waals surface area contributed by atoms with Crippen LogP contribution >= 0.6 is 11.8 Å². The molecule has 1 aliphatic rings. The molecule has 2 N–H and O–H groups in total. The van der Waals surface area contributed by atoms with Crippen molar-refractivity contribution in [2.75, 3.05) is 24.6 Å². The predicted molar refractivity (Wildman–Crippen MR) is 88.9 cm³/mol. The summed E-state index contributed by atoms with van der Waals surface area (Å²) in [5.41, 5.74) is -0.866. The molecule has 1 fully saturated rings. The molecule has 0 spiro atoms. The summed E-state index contributed by atoms with van der Waals surface area (Å²) < 4.78 is 37.5. The summed E-state index contributed by atoms with van der Waals surface area (Å²) >= 11 is 1.55. The van der Waals surface area contributed by atoms with E-state index in [2.05, 4.69) is 5.32 Å². The van der Waals surface area contributed by atoms with Crippen LogP contribution in [0.2, 0.25) is 0 Å². The molecule has 142 valence electrons. The highest BCUT2D eigenvalue weighted by Gasteiger charge is 2.31. The Labute approximate surface area is 151 Å². The van der Waals surface area contributed by atoms with Gasteiger partial charge in [-0.15, -0.1) is 0 Å². The molecule has 0 radical (unpaired) electrons. The number of carbonyl (C=O) groups excluding carboxylic acids is 2. The van der Waals surface area contributed by atoms with Gasteiger partial charge in [-0.2, -0.15) is 24.9 Å². The van der Waals surface area contributed by atoms with E-state index < -0.39 is 35.6 Å². The van der Waals surface area contributed by atoms with Crippen LogP contribution in [0.4, 0.5) is 13.2 Å². The fraction of sp³-hybridized carbons (Fsp3) is 0.438. The van der Waals surface area contributed by atoms with Gasteiger partial charge in [0.15, 0.2) is 0 Å². The molecule has 0 aliphatic carbocycles. The van der Waals surface area contributed by atoms with E-state index in [0.29, 0.717) is 18.1 Å². The molecule has 0 saturated carbocycles. The second-order valence-electron chi connectivity index (χ2n) is 5.67. The molecule has 1 heterocycles. The maximum absolute atomic E-state index is 12.5. The zero-order chi connectivity index (χ0) is 19.3. The lowest BCUT2D eigenvalue weighted by Gasteiger charge is -2.34. The number of rotatable bonds is 5. The average Bonchev–Trinajstić information content (AvgIpc) is 2.58. The van der Waals surface area contributed by atoms with Crippen LogP contribution in [0.5, 0.6) is 0 Å². The van der Waals surface area contributed by atoms with Gasteiger partial charge >= 0.3 is 12.1 Å². The van der Waals surface area contributed by atoms with Crippen LogP contribution in [0.1, 0.15) is 22.3 Å². The molecule has 2 rings (SSSR count). The van der Waals surface area contributed by atoms with E-state index in [0.717, 1.165) is 24.3 Å². The summed E-state index contributed by atoms with van der Waals surface area (Å²) in [6.45, 7) is 0.0399. The first kappa shape index (κ1) is 20.1. The third-order valence-corrected chi connectivity index (χ3v) is 4.92. The van der Waals surface area contributed by atoms with Crippen LogP contribution in [0.15, 0.2) is 24.3 Å². The lowest BCUT2D eigenvalue weighted by molar-refractivity contribution is -0.140. The Morgan fingerprint density at radius 3 is 2.46 bits per heavy atom. The summed E-state index contributed by atoms with van der Waals surface area (Å²) in [5.74, 6) is -0.922. The molecular weight excluding hydrogens is 373 g/mol. The van der Waals surface area contributed by atoms with Crippen molar-refractivity contribution in [3.8, 4) is 0 Å². The molecule has 1 aromatic rings. The molecule has 1 aliphatic heterocycles. The number of amides is 2. The van der Waals surface area contributed by atoms with Crippen LogP contribution in [0.25, 0.3) is 0 Å². The molecule has 10 heteroatoms. The second-order valence-corrected chi connectivity index (χ2v) is 6.82. The molecule has 6 nitrogen and oxygen atoms in total. The summed E-state index contributed by atoms with van der Waals surface area (Å²) in [6.07, 6.45) is -4.66. The van der Waals surface area contributed by atoms with E-state index in [9.17, 15) is 27.6 Å². The third-order valence-electron chi connectivity index (χ3n) is 3.83. The second kappa shape index (κ2) is 8.43. The van der Waals surface area contributed by atoms with Crippen LogP contribution < -0.4 is 5.32 Å². The van der Waals surface area contributed by atoms with E-state index in [1.807, 2.05) is 0 Å². The number of aliphatic carboxylic acids is 1. The van der Waals surface area contributed by atoms with Crippen molar-refractivity contribution in [3.63, 3.8) is 0 Å². The summed E-state index contributed by atoms with van der Waals surface area (Å²) in [5, 5.41) is 11.3. The van der Waals surface area contributed by atoms with Crippen LogP contribution in [-0.4, -0.2) is 58.4 Å². The summed E-state index contributed by atoms with van der Waals surface area (Å²) in [6, 6.07) is 3.21. The topological polar surface area (TPSA) is 86.7 Å². The minimum Gasteiger partial charge on any atom is -0.481 e. The Morgan fingerprint density at radius 1 is 1.23 bits per heavy atom. The molecule has 26 heavy (non-hydrogen) atoms. The van der Waals surface area contributed by atoms with Gasteiger partial charge in [-0.1, -0.05) is 0 Å². The third kappa shape index (κ3) is 5.38. The van der Waals surface area contributed by atoms with Gasteiger partial charge in [0.05, 0.1) is 24.6 Å². The van der Waals surface area contributed by atoms with E-state index in [1.54, 1.807) is 11.8 Å². The van der Waals surface area contributed by atoms with Gasteiger partial charge in [0.2, 0.25) is 5.91 Å². The van der Waals surface area contributed by atoms with Crippen molar-refractivity contribution in [2.45, 2.75) is 18.6 Å². The molecule has 1 aromatic carbocycles. The number of halogens is 3. The number of hydrogen-bond donors (Lipinski definition) is 2. The molecule has 2 amide bonds. The van der Waals surface area contributed by atoms with Gasteiger partial charge in [-0.25, -0.2) is 0 Å². The first-order valence-electron chi connectivity index (χ1n) is 7.73. The van der Waals surface area contributed by atoms with E-state index in [-0.39, 0.29) is 18.5 Å². The standard InChI is InChI=1S/C16H17F3N2O4S/c17-16(18,19)11-3-1-10(2-4-11)15(25)20-8-13(22)21-5-6-26-9-12(21)7-14(23)24/h1-4,12H,5-9H2,(H,20,25)(H,23,24). The largest absolute Gasteiger partial charge is 0.481 e. The Hall–Kier alpha value is -2.23. The highest BCUT2D eigenvalue weighted by Crippen LogP contribution is 2.29. The maximum atomic E-state index is 12.5. The number of carboxylic acids is 1. The average molecular weight is 390 g/mol. The maximum Gasteiger partial charge on any atom is 0.416 e. The van der Waals surface area contributed by atoms with Crippen LogP contribution in [0, 0.1) is 0 Å². The number of hydrogen-bond acceptors (Lipinski definition) is 4. The van der Waals surface area contributed by atoms with Crippen molar-refractivity contribution >= 4 is 29.5 Å². The Morgan fingerprint density at radius 2 is 1.88 bits per heavy atom. The van der Waals surface area contributed by atoms with Gasteiger partial charge in [-0.05, 0) is 24.3 Å². The number of carbonyl (C=O) groups is 3. The number of carboxylic acid groups (broad SMARTS) is 1. The minimum absolute atomic E-state index is 0.00193. The smallest absolute Gasteiger partial charge is 0.416 e. The predicted octanol–water partition coefficient (Wildman–Crippen LogP) is 1.85. The highest BCUT2D eigenvalue weighted by molar-refractivity contribution is 7.99. The van der Waals surface area contributed by atoms with E-state index >= 15 is 0 Å². The number of nitrogens with zero attached hydrogens (tertiary/aromatic N) is 1. The number of nitrogens with one attached hydrogen (secondary N) is 1. The molecule has 0 aromatic heterocycles. The van der Waals surface area contributed by atoms with Crippen molar-refractivity contribution < 1.29 is 32.7 Å². The fourth-order valence-corrected chi connectivity index (χ4v) is 3.59. The van der Waals surface area contributed by atoms with E-state index in [4.69, 9.17) is 5.11 Å². The quantitative estimate of drug-likeness (QED) is 0.802. The SMILES string of the molecule is O=C(O)CC1CSCCN1C(=O)CNC(=O)c1ccc(C(F)(F)F)cc1. The molecular formula is C16H17F3N2O4S. The van der Waals surface area contributed by atoms with Gasteiger partial charge in [0.25, 0.3) is 5.91 Å². The summed E-state index contributed by atoms with van der Waals surface area (Å²) in [4.78, 5) is 36.6. The Kier molecular flexibility index (Phi) is 6.52. The Bertz CT molecular complexity index is 679. The monoisotopic (exact) mass is 390 g/mol. The molecule has 1 unspecified atom stereocenters. The van der Waals surface area contributed by atoms with Crippen molar-refractivity contribution in [1.29, 1.82) is 0 Å². The van der Waals surface area contributed by atoms with Gasteiger partial charge in [0.1, 0.15) is 0 Å². The summed E-state index contributed by atoms with van der Waals surface area (Å²) in [7, 11) is 0. The van der Waals surface area contributed by atoms with Crippen molar-refractivity contribution in [1.82, 2.24) is 10.2 Å². The first-order valence-corrected chi connectivity index (χ1v) is 8.88. The zero-order valence-electron chi connectivity index (χ0n) is 13.6. The highest BCUT2D eigenvalue weighted by atomic mass is 32.2. The fourth-order valence-electron chi connectivity index (χ4n) is 2.52. The van der Waals surface area contributed by atoms with E-state index in [1.165, 1.54) is 4.90 Å². The van der Waals surface area contributed by atoms with Crippen molar-refractivity contribution in [2.24, 2.45) is 0 Å². The lowest BCUT2D eigenvalue weighted by atomic mass is 10.1. The van der Waals surface area contributed by atoms with Crippen molar-refractivity contribution in [3.05, 3.63) is 35.4 Å². The van der Waals surface area contributed by atoms with Crippen LogP contribution in [0.3, 0.4) is 0 Å². The first-order chi connectivity index (χ1) is 12.2. The zero-order valence-corrected chi connectivity index (χ0v) is 14.4. The lowest BCUT2D eigenvalue weighted by Crippen LogP contribution is -2.50. The van der Waals surface area contributed by atoms with Gasteiger partial charge in [-0.3, -0.25) is 14.4 Å². The molecule has 1 atom stereocenters. The normalized spacial score (nSPS) is 17.7. The number of alkyl halides is 3. The van der Waals surface area contributed by atoms with Crippen LogP contribution in [-0.2, 0) is 15.8 Å².